The predicted octanol–water partition coefficient (Wildman–Crippen LogP) is 6.57. The van der Waals surface area contributed by atoms with Gasteiger partial charge in [0.25, 0.3) is 0 Å². The number of nitriles is 1. The second kappa shape index (κ2) is 9.77. The minimum atomic E-state index is -4.64. The van der Waals surface area contributed by atoms with E-state index in [1.54, 1.807) is 48.5 Å². The summed E-state index contributed by atoms with van der Waals surface area (Å²) in [6, 6.07) is 15.3. The van der Waals surface area contributed by atoms with E-state index in [9.17, 15) is 13.2 Å². The number of nitrogens with one attached hydrogen (secondary N) is 2. The van der Waals surface area contributed by atoms with Gasteiger partial charge in [-0.3, -0.25) is 0 Å². The van der Waals surface area contributed by atoms with Gasteiger partial charge in [-0.05, 0) is 62.1 Å². The van der Waals surface area contributed by atoms with Crippen LogP contribution in [0, 0.1) is 11.3 Å². The molecule has 170 valence electrons. The number of para-hydroxylation sites is 2. The lowest BCUT2D eigenvalue weighted by molar-refractivity contribution is -0.137. The molecule has 0 spiro atoms. The minimum Gasteiger partial charge on any atom is -0.488 e. The van der Waals surface area contributed by atoms with Crippen LogP contribution in [0.5, 0.6) is 5.75 Å². The zero-order chi connectivity index (χ0) is 23.3. The molecular formula is C24H22F3N5O. The standard InChI is InChI=1S/C24H22F3N5O/c25-24(26,27)19-15-29-23(30-17-12-10-16(14-28)11-13-17)32-22(19)31-20-8-4-5-9-21(20)33-18-6-2-1-3-7-18/h4-5,8-13,15,18H,1-3,6-7H2,(H2,29,30,31,32). The van der Waals surface area contributed by atoms with E-state index in [0.29, 0.717) is 22.7 Å². The summed E-state index contributed by atoms with van der Waals surface area (Å²) >= 11 is 0. The monoisotopic (exact) mass is 453 g/mol. The first-order chi connectivity index (χ1) is 15.9. The summed E-state index contributed by atoms with van der Waals surface area (Å²) < 4.78 is 47.1. The van der Waals surface area contributed by atoms with Crippen molar-refractivity contribution in [3.05, 3.63) is 65.9 Å². The number of hydrogen-bond acceptors (Lipinski definition) is 6. The van der Waals surface area contributed by atoms with Crippen LogP contribution < -0.4 is 15.4 Å². The van der Waals surface area contributed by atoms with Crippen LogP contribution in [0.4, 0.5) is 36.3 Å². The van der Waals surface area contributed by atoms with Crippen LogP contribution >= 0.6 is 0 Å². The Morgan fingerprint density at radius 1 is 0.970 bits per heavy atom. The van der Waals surface area contributed by atoms with E-state index in [1.807, 2.05) is 6.07 Å². The highest BCUT2D eigenvalue weighted by Crippen LogP contribution is 2.37. The van der Waals surface area contributed by atoms with Crippen LogP contribution in [0.2, 0.25) is 0 Å². The van der Waals surface area contributed by atoms with Crippen molar-refractivity contribution in [1.29, 1.82) is 5.26 Å². The van der Waals surface area contributed by atoms with Gasteiger partial charge in [0.2, 0.25) is 5.95 Å². The average Bonchev–Trinajstić information content (AvgIpc) is 2.81. The van der Waals surface area contributed by atoms with E-state index >= 15 is 0 Å². The third-order valence-corrected chi connectivity index (χ3v) is 5.35. The van der Waals surface area contributed by atoms with E-state index in [-0.39, 0.29) is 17.9 Å². The third kappa shape index (κ3) is 5.71. The third-order valence-electron chi connectivity index (χ3n) is 5.35. The predicted molar refractivity (Wildman–Crippen MR) is 119 cm³/mol. The quantitative estimate of drug-likeness (QED) is 0.439. The van der Waals surface area contributed by atoms with Crippen LogP contribution in [0.15, 0.2) is 54.7 Å². The molecule has 0 amide bonds. The molecule has 9 heteroatoms. The summed E-state index contributed by atoms with van der Waals surface area (Å²) in [7, 11) is 0. The second-order valence-corrected chi connectivity index (χ2v) is 7.77. The fourth-order valence-electron chi connectivity index (χ4n) is 3.66. The van der Waals surface area contributed by atoms with Gasteiger partial charge < -0.3 is 15.4 Å². The molecular weight excluding hydrogens is 431 g/mol. The first-order valence-electron chi connectivity index (χ1n) is 10.7. The summed E-state index contributed by atoms with van der Waals surface area (Å²) in [5.41, 5.74) is 0.420. The highest BCUT2D eigenvalue weighted by molar-refractivity contribution is 5.67. The van der Waals surface area contributed by atoms with Gasteiger partial charge in [0.05, 0.1) is 23.4 Å². The van der Waals surface area contributed by atoms with E-state index in [4.69, 9.17) is 10.00 Å². The van der Waals surface area contributed by atoms with Gasteiger partial charge in [-0.2, -0.15) is 23.4 Å². The zero-order valence-corrected chi connectivity index (χ0v) is 17.7. The molecule has 4 rings (SSSR count). The number of alkyl halides is 3. The number of ether oxygens (including phenoxy) is 1. The second-order valence-electron chi connectivity index (χ2n) is 7.77. The smallest absolute Gasteiger partial charge is 0.421 e. The summed E-state index contributed by atoms with van der Waals surface area (Å²) in [5.74, 6) is 0.0898. The van der Waals surface area contributed by atoms with Crippen molar-refractivity contribution in [3.63, 3.8) is 0 Å². The lowest BCUT2D eigenvalue weighted by Gasteiger charge is -2.24. The van der Waals surface area contributed by atoms with Gasteiger partial charge in [-0.15, -0.1) is 0 Å². The highest BCUT2D eigenvalue weighted by atomic mass is 19.4. The number of rotatable bonds is 6. The summed E-state index contributed by atoms with van der Waals surface area (Å²) in [6.07, 6.45) is 1.32. The van der Waals surface area contributed by atoms with E-state index in [1.165, 1.54) is 6.42 Å². The molecule has 2 aromatic carbocycles. The maximum Gasteiger partial charge on any atom is 0.421 e. The van der Waals surface area contributed by atoms with Crippen LogP contribution in [0.1, 0.15) is 43.2 Å². The Labute approximate surface area is 189 Å². The molecule has 0 radical (unpaired) electrons. The van der Waals surface area contributed by atoms with Gasteiger partial charge in [-0.25, -0.2) is 4.98 Å². The van der Waals surface area contributed by atoms with Crippen LogP contribution in [0.3, 0.4) is 0 Å². The number of halogens is 3. The molecule has 1 fully saturated rings. The molecule has 0 unspecified atom stereocenters. The first-order valence-corrected chi connectivity index (χ1v) is 10.7. The molecule has 1 aromatic heterocycles. The zero-order valence-electron chi connectivity index (χ0n) is 17.7. The normalized spacial score (nSPS) is 14.4. The Bertz CT molecular complexity index is 1140. The lowest BCUT2D eigenvalue weighted by Crippen LogP contribution is -2.20. The van der Waals surface area contributed by atoms with Gasteiger partial charge in [0.1, 0.15) is 17.1 Å². The summed E-state index contributed by atoms with van der Waals surface area (Å²) in [6.45, 7) is 0. The van der Waals surface area contributed by atoms with E-state index < -0.39 is 11.7 Å². The Balaban J connectivity index is 1.61. The Morgan fingerprint density at radius 2 is 1.70 bits per heavy atom. The van der Waals surface area contributed by atoms with Crippen molar-refractivity contribution >= 4 is 23.1 Å². The first kappa shape index (κ1) is 22.4. The number of benzene rings is 2. The maximum absolute atomic E-state index is 13.7. The van der Waals surface area contributed by atoms with Gasteiger partial charge in [-0.1, -0.05) is 18.6 Å². The molecule has 0 atom stereocenters. The Kier molecular flexibility index (Phi) is 6.63. The Hall–Kier alpha value is -3.80. The van der Waals surface area contributed by atoms with Crippen LogP contribution in [-0.2, 0) is 6.18 Å². The molecule has 33 heavy (non-hydrogen) atoms. The van der Waals surface area contributed by atoms with Crippen molar-refractivity contribution in [2.45, 2.75) is 44.4 Å². The van der Waals surface area contributed by atoms with E-state index in [2.05, 4.69) is 20.6 Å². The van der Waals surface area contributed by atoms with Crippen molar-refractivity contribution in [2.24, 2.45) is 0 Å². The number of anilines is 4. The number of nitrogens with zero attached hydrogens (tertiary/aromatic N) is 3. The number of hydrogen-bond donors (Lipinski definition) is 2. The molecule has 1 heterocycles. The highest BCUT2D eigenvalue weighted by Gasteiger charge is 2.35. The maximum atomic E-state index is 13.7. The van der Waals surface area contributed by atoms with Gasteiger partial charge in [0.15, 0.2) is 0 Å². The van der Waals surface area contributed by atoms with Crippen molar-refractivity contribution in [1.82, 2.24) is 9.97 Å². The van der Waals surface area contributed by atoms with Gasteiger partial charge >= 0.3 is 6.18 Å². The SMILES string of the molecule is N#Cc1ccc(Nc2ncc(C(F)(F)F)c(Nc3ccccc3OC3CCCCC3)n2)cc1. The molecule has 0 saturated heterocycles. The fourth-order valence-corrected chi connectivity index (χ4v) is 3.66. The molecule has 3 aromatic rings. The largest absolute Gasteiger partial charge is 0.488 e. The van der Waals surface area contributed by atoms with Crippen LogP contribution in [-0.4, -0.2) is 16.1 Å². The minimum absolute atomic E-state index is 0.0131. The average molecular weight is 453 g/mol. The van der Waals surface area contributed by atoms with Crippen molar-refractivity contribution in [2.75, 3.05) is 10.6 Å². The molecule has 1 aliphatic rings. The van der Waals surface area contributed by atoms with Gasteiger partial charge in [0, 0.05) is 11.9 Å². The Morgan fingerprint density at radius 3 is 2.39 bits per heavy atom. The number of aromatic nitrogens is 2. The molecule has 6 nitrogen and oxygen atoms in total. The topological polar surface area (TPSA) is 82.9 Å². The molecule has 0 bridgehead atoms. The molecule has 0 aliphatic heterocycles. The molecule has 1 aliphatic carbocycles. The van der Waals surface area contributed by atoms with Crippen molar-refractivity contribution < 1.29 is 17.9 Å². The van der Waals surface area contributed by atoms with Crippen molar-refractivity contribution in [3.8, 4) is 11.8 Å². The van der Waals surface area contributed by atoms with Crippen LogP contribution in [0.25, 0.3) is 0 Å². The fraction of sp³-hybridized carbons (Fsp3) is 0.292. The molecule has 2 N–H and O–H groups in total. The lowest BCUT2D eigenvalue weighted by atomic mass is 9.98. The summed E-state index contributed by atoms with van der Waals surface area (Å²) in [5, 5.41) is 14.6. The molecule has 1 saturated carbocycles. The van der Waals surface area contributed by atoms with E-state index in [0.717, 1.165) is 31.9 Å². The summed E-state index contributed by atoms with van der Waals surface area (Å²) in [4.78, 5) is 7.91.